The molecule has 48 heavy (non-hydrogen) atoms. The van der Waals surface area contributed by atoms with Crippen molar-refractivity contribution in [3.63, 3.8) is 0 Å². The third kappa shape index (κ3) is 4.97. The minimum atomic E-state index is 0.325. The highest BCUT2D eigenvalue weighted by Gasteiger charge is 2.25. The summed E-state index contributed by atoms with van der Waals surface area (Å²) in [5.41, 5.74) is 10.8. The lowest BCUT2D eigenvalue weighted by atomic mass is 9.76. The number of nitrogens with zero attached hydrogens (tertiary/aromatic N) is 2. The Kier molecular flexibility index (Phi) is 6.94. The highest BCUT2D eigenvalue weighted by atomic mass is 16.3. The minimum absolute atomic E-state index is 0.325. The third-order valence-electron chi connectivity index (χ3n) is 9.45. The second-order valence-electron chi connectivity index (χ2n) is 12.4. The van der Waals surface area contributed by atoms with Gasteiger partial charge in [0.1, 0.15) is 5.52 Å². The third-order valence-corrected chi connectivity index (χ3v) is 9.45. The molecule has 3 heteroatoms. The first-order valence-corrected chi connectivity index (χ1v) is 16.5. The first-order chi connectivity index (χ1) is 23.8. The molecule has 0 saturated carbocycles. The summed E-state index contributed by atoms with van der Waals surface area (Å²) >= 11 is 0. The maximum absolute atomic E-state index is 6.27. The Hall–Kier alpha value is -6.19. The van der Waals surface area contributed by atoms with Crippen molar-refractivity contribution in [3.05, 3.63) is 188 Å². The van der Waals surface area contributed by atoms with E-state index < -0.39 is 0 Å². The van der Waals surface area contributed by atoms with Gasteiger partial charge in [-0.25, -0.2) is 4.98 Å². The predicted octanol–water partition coefficient (Wildman–Crippen LogP) is 12.1. The Morgan fingerprint density at radius 2 is 1.27 bits per heavy atom. The van der Waals surface area contributed by atoms with Crippen LogP contribution in [0.4, 0.5) is 17.1 Å². The Bertz CT molecular complexity index is 2400. The Morgan fingerprint density at radius 1 is 0.562 bits per heavy atom. The molecular weight excluding hydrogens is 585 g/mol. The number of oxazole rings is 1. The van der Waals surface area contributed by atoms with Crippen LogP contribution in [0.1, 0.15) is 5.56 Å². The number of fused-ring (bicyclic) bond motifs is 4. The van der Waals surface area contributed by atoms with Crippen LogP contribution in [0.5, 0.6) is 0 Å². The van der Waals surface area contributed by atoms with Crippen molar-refractivity contribution in [1.29, 1.82) is 0 Å². The topological polar surface area (TPSA) is 29.3 Å². The fraction of sp³-hybridized carbons (Fsp3) is 0.0444. The second-order valence-corrected chi connectivity index (χ2v) is 12.4. The quantitative estimate of drug-likeness (QED) is 0.186. The molecule has 0 amide bonds. The molecule has 3 nitrogen and oxygen atoms in total. The maximum atomic E-state index is 6.27. The Balaban J connectivity index is 1.24. The van der Waals surface area contributed by atoms with E-state index in [1.807, 2.05) is 36.4 Å². The van der Waals surface area contributed by atoms with E-state index in [0.717, 1.165) is 44.5 Å². The van der Waals surface area contributed by atoms with Crippen LogP contribution in [-0.4, -0.2) is 4.98 Å². The van der Waals surface area contributed by atoms with Crippen molar-refractivity contribution < 1.29 is 4.42 Å². The van der Waals surface area contributed by atoms with Crippen LogP contribution in [-0.2, 0) is 0 Å². The van der Waals surface area contributed by atoms with Crippen LogP contribution in [0.2, 0.25) is 0 Å². The predicted molar refractivity (Wildman–Crippen MR) is 199 cm³/mol. The zero-order valence-electron chi connectivity index (χ0n) is 26.3. The van der Waals surface area contributed by atoms with Crippen LogP contribution in [0.15, 0.2) is 186 Å². The number of para-hydroxylation sites is 1. The van der Waals surface area contributed by atoms with Crippen LogP contribution < -0.4 is 4.90 Å². The summed E-state index contributed by atoms with van der Waals surface area (Å²) in [4.78, 5) is 7.38. The van der Waals surface area contributed by atoms with E-state index in [0.29, 0.717) is 17.7 Å². The van der Waals surface area contributed by atoms with Crippen molar-refractivity contribution in [1.82, 2.24) is 4.98 Å². The number of hydrogen-bond acceptors (Lipinski definition) is 3. The zero-order chi connectivity index (χ0) is 31.9. The molecule has 0 aliphatic heterocycles. The summed E-state index contributed by atoms with van der Waals surface area (Å²) in [6, 6.07) is 49.2. The summed E-state index contributed by atoms with van der Waals surface area (Å²) < 4.78 is 6.27. The van der Waals surface area contributed by atoms with Crippen LogP contribution >= 0.6 is 0 Å². The summed E-state index contributed by atoms with van der Waals surface area (Å²) in [5, 5.41) is 2.17. The monoisotopic (exact) mass is 616 g/mol. The highest BCUT2D eigenvalue weighted by Crippen LogP contribution is 2.45. The molecule has 0 bridgehead atoms. The lowest BCUT2D eigenvalue weighted by molar-refractivity contribution is 0.620. The van der Waals surface area contributed by atoms with Crippen LogP contribution in [0, 0.1) is 11.8 Å². The van der Waals surface area contributed by atoms with Gasteiger partial charge in [0.05, 0.1) is 5.69 Å². The van der Waals surface area contributed by atoms with E-state index in [1.165, 1.54) is 22.3 Å². The molecule has 0 radical (unpaired) electrons. The number of allylic oxidation sites excluding steroid dienone is 8. The number of rotatable bonds is 6. The van der Waals surface area contributed by atoms with Crippen molar-refractivity contribution in [3.8, 4) is 22.6 Å². The van der Waals surface area contributed by atoms with E-state index >= 15 is 0 Å². The van der Waals surface area contributed by atoms with E-state index in [4.69, 9.17) is 9.40 Å². The van der Waals surface area contributed by atoms with Crippen molar-refractivity contribution >= 4 is 44.5 Å². The molecule has 228 valence electrons. The van der Waals surface area contributed by atoms with Crippen molar-refractivity contribution in [2.24, 2.45) is 11.8 Å². The molecule has 9 rings (SSSR count). The molecule has 0 N–H and O–H groups in total. The zero-order valence-corrected chi connectivity index (χ0v) is 26.3. The normalized spacial score (nSPS) is 16.6. The van der Waals surface area contributed by atoms with Crippen molar-refractivity contribution in [2.45, 2.75) is 0 Å². The van der Waals surface area contributed by atoms with E-state index in [9.17, 15) is 0 Å². The van der Waals surface area contributed by atoms with Gasteiger partial charge in [-0.2, -0.15) is 0 Å². The Morgan fingerprint density at radius 3 is 2.08 bits per heavy atom. The lowest BCUT2D eigenvalue weighted by Gasteiger charge is -2.30. The Labute approximate surface area is 280 Å². The lowest BCUT2D eigenvalue weighted by Crippen LogP contribution is -2.15. The number of anilines is 3. The number of hydrogen-bond donors (Lipinski definition) is 0. The largest absolute Gasteiger partial charge is 0.436 e. The molecule has 6 aromatic carbocycles. The summed E-state index contributed by atoms with van der Waals surface area (Å²) in [5.74, 6) is 1.33. The average molecular weight is 617 g/mol. The fourth-order valence-electron chi connectivity index (χ4n) is 7.11. The van der Waals surface area contributed by atoms with E-state index in [2.05, 4.69) is 151 Å². The first-order valence-electron chi connectivity index (χ1n) is 16.5. The summed E-state index contributed by atoms with van der Waals surface area (Å²) in [7, 11) is 0. The maximum Gasteiger partial charge on any atom is 0.227 e. The van der Waals surface area contributed by atoms with E-state index in [-0.39, 0.29) is 0 Å². The molecule has 1 heterocycles. The van der Waals surface area contributed by atoms with Gasteiger partial charge in [-0.3, -0.25) is 0 Å². The molecule has 1 aromatic heterocycles. The average Bonchev–Trinajstić information content (AvgIpc) is 3.61. The molecule has 2 aliphatic carbocycles. The van der Waals surface area contributed by atoms with Gasteiger partial charge in [0.15, 0.2) is 5.58 Å². The van der Waals surface area contributed by atoms with Gasteiger partial charge in [-0.1, -0.05) is 127 Å². The van der Waals surface area contributed by atoms with Gasteiger partial charge in [0.2, 0.25) is 5.89 Å². The molecule has 2 atom stereocenters. The molecule has 7 aromatic rings. The molecule has 0 spiro atoms. The SMILES string of the molecule is C1=CC2C=CC=C(c3ccc(N(c4ccccc4)c4ccc5ccc6oc(-c7ccccc7)nc6c5c4)c(-c4ccccc4)c3)C2C=C1. The molecule has 0 fully saturated rings. The van der Waals surface area contributed by atoms with Crippen LogP contribution in [0.3, 0.4) is 0 Å². The van der Waals surface area contributed by atoms with Gasteiger partial charge in [-0.15, -0.1) is 0 Å². The van der Waals surface area contributed by atoms with Crippen molar-refractivity contribution in [2.75, 3.05) is 4.90 Å². The van der Waals surface area contributed by atoms with Gasteiger partial charge < -0.3 is 9.32 Å². The van der Waals surface area contributed by atoms with Gasteiger partial charge in [0.25, 0.3) is 0 Å². The fourth-order valence-corrected chi connectivity index (χ4v) is 7.11. The molecule has 0 saturated heterocycles. The van der Waals surface area contributed by atoms with Crippen LogP contribution in [0.25, 0.3) is 50.0 Å². The van der Waals surface area contributed by atoms with Gasteiger partial charge >= 0.3 is 0 Å². The second kappa shape index (κ2) is 11.9. The van der Waals surface area contributed by atoms with Gasteiger partial charge in [-0.05, 0) is 76.7 Å². The molecular formula is C45H32N2O. The number of benzene rings is 6. The first kappa shape index (κ1) is 28.1. The summed E-state index contributed by atoms with van der Waals surface area (Å²) in [6.07, 6.45) is 15.7. The standard InChI is InChI=1S/C45H32N2O/c1-4-13-32(14-5-1)40-29-35(39-22-12-18-31-15-10-11-21-38(31)39)24-27-42(40)47(36-19-8-3-9-20-36)37-26-23-33-25-28-43-44(41(33)30-37)46-45(48-43)34-16-6-2-7-17-34/h1-31,38H. The number of aromatic nitrogens is 1. The van der Waals surface area contributed by atoms with E-state index in [1.54, 1.807) is 0 Å². The molecule has 2 unspecified atom stereocenters. The summed E-state index contributed by atoms with van der Waals surface area (Å²) in [6.45, 7) is 0. The minimum Gasteiger partial charge on any atom is -0.436 e. The highest BCUT2D eigenvalue weighted by molar-refractivity contribution is 6.06. The van der Waals surface area contributed by atoms with Gasteiger partial charge in [0, 0.05) is 39.7 Å². The smallest absolute Gasteiger partial charge is 0.227 e. The molecule has 2 aliphatic rings.